The molecule has 0 amide bonds. The molecule has 1 aromatic rings. The van der Waals surface area contributed by atoms with Crippen LogP contribution in [0.4, 0.5) is 0 Å². The number of nitrogens with one attached hydrogen (secondary N) is 1. The second kappa shape index (κ2) is 2.92. The molecule has 2 saturated carbocycles. The first kappa shape index (κ1) is 8.18. The zero-order valence-corrected chi connectivity index (χ0v) is 9.09. The molecular weight excluding hydrogens is 198 g/mol. The molecule has 0 radical (unpaired) electrons. The fourth-order valence-electron chi connectivity index (χ4n) is 3.10. The van der Waals surface area contributed by atoms with E-state index in [1.165, 1.54) is 31.4 Å². The van der Waals surface area contributed by atoms with Crippen LogP contribution < -0.4 is 0 Å². The van der Waals surface area contributed by atoms with Gasteiger partial charge in [0.1, 0.15) is 0 Å². The maximum Gasteiger partial charge on any atom is 0.158 e. The normalized spacial score (nSPS) is 37.1. The van der Waals surface area contributed by atoms with Crippen molar-refractivity contribution in [3.63, 3.8) is 0 Å². The van der Waals surface area contributed by atoms with Gasteiger partial charge in [0.25, 0.3) is 0 Å². The van der Waals surface area contributed by atoms with Crippen molar-refractivity contribution in [2.45, 2.75) is 31.6 Å². The molecule has 13 heavy (non-hydrogen) atoms. The van der Waals surface area contributed by atoms with Crippen LogP contribution in [0.25, 0.3) is 0 Å². The third-order valence-electron chi connectivity index (χ3n) is 3.68. The van der Waals surface area contributed by atoms with Crippen molar-refractivity contribution >= 4 is 23.6 Å². The van der Waals surface area contributed by atoms with Crippen molar-refractivity contribution in [1.29, 1.82) is 0 Å². The fourth-order valence-corrected chi connectivity index (χ4v) is 4.01. The van der Waals surface area contributed by atoms with Crippen LogP contribution in [0.1, 0.15) is 37.3 Å². The molecule has 3 atom stereocenters. The molecule has 0 aromatic carbocycles. The number of fused-ring (bicyclic) bond motifs is 2. The van der Waals surface area contributed by atoms with E-state index in [1.54, 1.807) is 11.3 Å². The van der Waals surface area contributed by atoms with E-state index in [0.717, 1.165) is 21.7 Å². The lowest BCUT2D eigenvalue weighted by Crippen LogP contribution is -2.08. The molecule has 0 spiro atoms. The van der Waals surface area contributed by atoms with Gasteiger partial charge >= 0.3 is 0 Å². The Morgan fingerprint density at radius 1 is 1.38 bits per heavy atom. The summed E-state index contributed by atoms with van der Waals surface area (Å²) in [5.41, 5.74) is 1.42. The summed E-state index contributed by atoms with van der Waals surface area (Å²) in [4.78, 5) is 3.34. The number of aromatic nitrogens is 1. The largest absolute Gasteiger partial charge is 0.341 e. The summed E-state index contributed by atoms with van der Waals surface area (Å²) in [6.45, 7) is 0. The molecule has 1 heterocycles. The highest BCUT2D eigenvalue weighted by molar-refractivity contribution is 7.73. The van der Waals surface area contributed by atoms with Crippen molar-refractivity contribution in [3.05, 3.63) is 15.0 Å². The zero-order chi connectivity index (χ0) is 8.84. The van der Waals surface area contributed by atoms with Gasteiger partial charge in [0.15, 0.2) is 3.95 Å². The quantitative estimate of drug-likeness (QED) is 0.700. The second-order valence-electron chi connectivity index (χ2n) is 4.38. The second-order valence-corrected chi connectivity index (χ2v) is 5.93. The summed E-state index contributed by atoms with van der Waals surface area (Å²) < 4.78 is 0.942. The highest BCUT2D eigenvalue weighted by Gasteiger charge is 2.40. The van der Waals surface area contributed by atoms with E-state index < -0.39 is 0 Å². The molecular formula is C10H13NS2. The molecule has 1 aromatic heterocycles. The van der Waals surface area contributed by atoms with Crippen molar-refractivity contribution in [2.24, 2.45) is 11.8 Å². The number of hydrogen-bond acceptors (Lipinski definition) is 2. The lowest BCUT2D eigenvalue weighted by Gasteiger charge is -2.19. The first-order valence-corrected chi connectivity index (χ1v) is 6.29. The Hall–Kier alpha value is -0.150. The molecule has 0 aliphatic heterocycles. The summed E-state index contributed by atoms with van der Waals surface area (Å²) in [5.74, 6) is 2.80. The number of rotatable bonds is 1. The van der Waals surface area contributed by atoms with E-state index in [0.29, 0.717) is 0 Å². The molecule has 0 saturated heterocycles. The summed E-state index contributed by atoms with van der Waals surface area (Å²) in [6, 6.07) is 0. The number of H-pyrrole nitrogens is 1. The highest BCUT2D eigenvalue weighted by Crippen LogP contribution is 2.52. The lowest BCUT2D eigenvalue weighted by molar-refractivity contribution is 0.414. The smallest absolute Gasteiger partial charge is 0.158 e. The van der Waals surface area contributed by atoms with Crippen LogP contribution in [0.15, 0.2) is 5.38 Å². The fraction of sp³-hybridized carbons (Fsp3) is 0.700. The molecule has 2 aliphatic rings. The van der Waals surface area contributed by atoms with Gasteiger partial charge in [-0.25, -0.2) is 0 Å². The van der Waals surface area contributed by atoms with Gasteiger partial charge in [0.05, 0.1) is 0 Å². The van der Waals surface area contributed by atoms with E-state index in [9.17, 15) is 0 Å². The van der Waals surface area contributed by atoms with Gasteiger partial charge in [0.2, 0.25) is 0 Å². The topological polar surface area (TPSA) is 15.8 Å². The molecule has 2 aliphatic carbocycles. The molecule has 2 bridgehead atoms. The van der Waals surface area contributed by atoms with E-state index in [4.69, 9.17) is 12.2 Å². The van der Waals surface area contributed by atoms with Crippen LogP contribution in [-0.4, -0.2) is 4.98 Å². The first-order valence-electron chi connectivity index (χ1n) is 5.00. The van der Waals surface area contributed by atoms with Crippen molar-refractivity contribution < 1.29 is 0 Å². The van der Waals surface area contributed by atoms with Crippen LogP contribution >= 0.6 is 23.6 Å². The van der Waals surface area contributed by atoms with E-state index in [2.05, 4.69) is 10.4 Å². The van der Waals surface area contributed by atoms with Crippen LogP contribution in [-0.2, 0) is 0 Å². The minimum Gasteiger partial charge on any atom is -0.341 e. The first-order chi connectivity index (χ1) is 6.33. The molecule has 1 nitrogen and oxygen atoms in total. The van der Waals surface area contributed by atoms with Crippen LogP contribution in [0.5, 0.6) is 0 Å². The predicted molar refractivity (Wildman–Crippen MR) is 57.7 cm³/mol. The summed E-state index contributed by atoms with van der Waals surface area (Å²) >= 11 is 6.80. The third-order valence-corrected chi connectivity index (χ3v) is 4.76. The van der Waals surface area contributed by atoms with Crippen molar-refractivity contribution in [3.8, 4) is 0 Å². The van der Waals surface area contributed by atoms with Gasteiger partial charge in [-0.2, -0.15) is 0 Å². The van der Waals surface area contributed by atoms with E-state index in [-0.39, 0.29) is 0 Å². The Balaban J connectivity index is 1.91. The lowest BCUT2D eigenvalue weighted by atomic mass is 9.87. The summed E-state index contributed by atoms with van der Waals surface area (Å²) in [5, 5.41) is 2.23. The number of aromatic amines is 1. The highest BCUT2D eigenvalue weighted by atomic mass is 32.1. The van der Waals surface area contributed by atoms with Gasteiger partial charge in [0, 0.05) is 17.0 Å². The predicted octanol–water partition coefficient (Wildman–Crippen LogP) is 3.71. The molecule has 70 valence electrons. The molecule has 3 rings (SSSR count). The third kappa shape index (κ3) is 1.29. The van der Waals surface area contributed by atoms with E-state index in [1.807, 2.05) is 0 Å². The summed E-state index contributed by atoms with van der Waals surface area (Å²) in [6.07, 6.45) is 5.81. The van der Waals surface area contributed by atoms with Crippen LogP contribution in [0, 0.1) is 15.8 Å². The maximum absolute atomic E-state index is 5.12. The van der Waals surface area contributed by atoms with Crippen LogP contribution in [0.2, 0.25) is 0 Å². The average molecular weight is 211 g/mol. The van der Waals surface area contributed by atoms with Gasteiger partial charge in [-0.3, -0.25) is 0 Å². The SMILES string of the molecule is S=c1[nH]c(C2CC3CCC2C3)cs1. The van der Waals surface area contributed by atoms with Gasteiger partial charge in [-0.05, 0) is 43.3 Å². The van der Waals surface area contributed by atoms with Gasteiger partial charge in [-0.1, -0.05) is 6.42 Å². The Morgan fingerprint density at radius 3 is 2.85 bits per heavy atom. The van der Waals surface area contributed by atoms with Gasteiger partial charge in [-0.15, -0.1) is 11.3 Å². The van der Waals surface area contributed by atoms with Crippen LogP contribution in [0.3, 0.4) is 0 Å². The Morgan fingerprint density at radius 2 is 2.31 bits per heavy atom. The number of hydrogen-bond donors (Lipinski definition) is 1. The molecule has 3 heteroatoms. The standard InChI is InChI=1S/C10H13NS2/c12-10-11-9(5-13-10)8-4-6-1-2-7(8)3-6/h5-8H,1-4H2,(H,11,12). The Kier molecular flexibility index (Phi) is 1.84. The summed E-state index contributed by atoms with van der Waals surface area (Å²) in [7, 11) is 0. The molecule has 2 fully saturated rings. The van der Waals surface area contributed by atoms with Crippen molar-refractivity contribution in [2.75, 3.05) is 0 Å². The Labute approximate surface area is 87.2 Å². The zero-order valence-electron chi connectivity index (χ0n) is 7.45. The molecule has 1 N–H and O–H groups in total. The average Bonchev–Trinajstić information content (AvgIpc) is 2.77. The Bertz CT molecular complexity index is 365. The van der Waals surface area contributed by atoms with Crippen molar-refractivity contribution in [1.82, 2.24) is 4.98 Å². The maximum atomic E-state index is 5.12. The molecule has 3 unspecified atom stereocenters. The number of thiazole rings is 1. The van der Waals surface area contributed by atoms with Gasteiger partial charge < -0.3 is 4.98 Å². The minimum atomic E-state index is 0.812. The monoisotopic (exact) mass is 211 g/mol. The minimum absolute atomic E-state index is 0.812. The van der Waals surface area contributed by atoms with E-state index >= 15 is 0 Å².